The molecule has 0 spiro atoms. The van der Waals surface area contributed by atoms with Crippen LogP contribution in [0, 0.1) is 11.8 Å². The van der Waals surface area contributed by atoms with Gasteiger partial charge < -0.3 is 20.1 Å². The summed E-state index contributed by atoms with van der Waals surface area (Å²) in [4.78, 5) is 24.8. The minimum Gasteiger partial charge on any atom is -0.465 e. The number of carbonyl (C=O) groups excluding carboxylic acids is 2. The number of rotatable bonds is 19. The van der Waals surface area contributed by atoms with Gasteiger partial charge in [0.15, 0.2) is 0 Å². The summed E-state index contributed by atoms with van der Waals surface area (Å²) in [6.45, 7) is 14.8. The van der Waals surface area contributed by atoms with E-state index in [0.717, 1.165) is 51.4 Å². The van der Waals surface area contributed by atoms with Gasteiger partial charge >= 0.3 is 11.9 Å². The van der Waals surface area contributed by atoms with Gasteiger partial charge in [-0.3, -0.25) is 9.59 Å². The Hall–Kier alpha value is -1.14. The van der Waals surface area contributed by atoms with Crippen LogP contribution in [0.5, 0.6) is 0 Å². The minimum absolute atomic E-state index is 0.172. The fourth-order valence-electron chi connectivity index (χ4n) is 3.21. The fourth-order valence-corrected chi connectivity index (χ4v) is 3.21. The summed E-state index contributed by atoms with van der Waals surface area (Å²) in [5.41, 5.74) is 0. The lowest BCUT2D eigenvalue weighted by atomic mass is 10.0. The number of nitrogens with one attached hydrogen (secondary N) is 2. The number of carbonyl (C=O) groups is 2. The van der Waals surface area contributed by atoms with Crippen LogP contribution in [0.3, 0.4) is 0 Å². The van der Waals surface area contributed by atoms with Gasteiger partial charge in [-0.1, -0.05) is 67.2 Å². The second-order valence-corrected chi connectivity index (χ2v) is 9.02. The normalized spacial score (nSPS) is 13.5. The van der Waals surface area contributed by atoms with Crippen LogP contribution in [0.1, 0.15) is 92.9 Å². The summed E-state index contributed by atoms with van der Waals surface area (Å²) in [7, 11) is 0. The SMILES string of the molecule is CCCCCOC(=O)[C@H](CC(C)C)NCCN[C@@H](CC(C)C)C(=O)OCCCCC. The van der Waals surface area contributed by atoms with Crippen molar-refractivity contribution in [3.05, 3.63) is 0 Å². The van der Waals surface area contributed by atoms with Crippen molar-refractivity contribution in [2.75, 3.05) is 26.3 Å². The van der Waals surface area contributed by atoms with E-state index in [1.807, 2.05) is 0 Å². The van der Waals surface area contributed by atoms with Crippen molar-refractivity contribution in [3.8, 4) is 0 Å². The second-order valence-electron chi connectivity index (χ2n) is 9.02. The van der Waals surface area contributed by atoms with Gasteiger partial charge in [0.05, 0.1) is 13.2 Å². The van der Waals surface area contributed by atoms with E-state index in [0.29, 0.717) is 38.1 Å². The minimum atomic E-state index is -0.307. The number of ether oxygens (including phenoxy) is 2. The fraction of sp³-hybridized carbons (Fsp3) is 0.917. The highest BCUT2D eigenvalue weighted by Crippen LogP contribution is 2.09. The lowest BCUT2D eigenvalue weighted by molar-refractivity contribution is -0.148. The van der Waals surface area contributed by atoms with Crippen LogP contribution in [0.15, 0.2) is 0 Å². The van der Waals surface area contributed by atoms with Crippen molar-refractivity contribution in [1.29, 1.82) is 0 Å². The Morgan fingerprint density at radius 1 is 0.667 bits per heavy atom. The van der Waals surface area contributed by atoms with Crippen LogP contribution in [-0.2, 0) is 19.1 Å². The predicted molar refractivity (Wildman–Crippen MR) is 123 cm³/mol. The largest absolute Gasteiger partial charge is 0.465 e. The monoisotopic (exact) mass is 428 g/mol. The van der Waals surface area contributed by atoms with E-state index >= 15 is 0 Å². The van der Waals surface area contributed by atoms with Crippen molar-refractivity contribution in [2.24, 2.45) is 11.8 Å². The average Bonchev–Trinajstić information content (AvgIpc) is 2.69. The van der Waals surface area contributed by atoms with Gasteiger partial charge in [-0.2, -0.15) is 0 Å². The maximum absolute atomic E-state index is 12.4. The molecule has 0 aliphatic heterocycles. The van der Waals surface area contributed by atoms with Gasteiger partial charge in [0.2, 0.25) is 0 Å². The maximum atomic E-state index is 12.4. The molecule has 30 heavy (non-hydrogen) atoms. The molecule has 0 aliphatic carbocycles. The quantitative estimate of drug-likeness (QED) is 0.234. The average molecular weight is 429 g/mol. The third-order valence-electron chi connectivity index (χ3n) is 4.87. The smallest absolute Gasteiger partial charge is 0.323 e. The molecule has 0 aromatic heterocycles. The Morgan fingerprint density at radius 3 is 1.33 bits per heavy atom. The molecule has 0 bridgehead atoms. The van der Waals surface area contributed by atoms with Crippen molar-refractivity contribution >= 4 is 11.9 Å². The molecule has 0 rings (SSSR count). The molecule has 0 saturated carbocycles. The van der Waals surface area contributed by atoms with Crippen LogP contribution in [0.2, 0.25) is 0 Å². The zero-order chi connectivity index (χ0) is 22.8. The summed E-state index contributed by atoms with van der Waals surface area (Å²) in [5.74, 6) is 0.443. The molecule has 0 saturated heterocycles. The van der Waals surface area contributed by atoms with Gasteiger partial charge in [0.25, 0.3) is 0 Å². The summed E-state index contributed by atoms with van der Waals surface area (Å²) in [6, 6.07) is -0.615. The molecule has 0 unspecified atom stereocenters. The molecule has 6 nitrogen and oxygen atoms in total. The molecule has 0 amide bonds. The van der Waals surface area contributed by atoms with Gasteiger partial charge in [0, 0.05) is 13.1 Å². The van der Waals surface area contributed by atoms with Crippen LogP contribution in [0.25, 0.3) is 0 Å². The van der Waals surface area contributed by atoms with Crippen molar-refractivity contribution in [3.63, 3.8) is 0 Å². The first-order valence-electron chi connectivity index (χ1n) is 12.1. The van der Waals surface area contributed by atoms with E-state index in [-0.39, 0.29) is 24.0 Å². The zero-order valence-electron chi connectivity index (χ0n) is 20.4. The third-order valence-corrected chi connectivity index (χ3v) is 4.87. The lowest BCUT2D eigenvalue weighted by Crippen LogP contribution is -2.46. The molecular formula is C24H48N2O4. The van der Waals surface area contributed by atoms with Crippen LogP contribution < -0.4 is 10.6 Å². The van der Waals surface area contributed by atoms with E-state index in [4.69, 9.17) is 9.47 Å². The number of unbranched alkanes of at least 4 members (excludes halogenated alkanes) is 4. The molecule has 0 fully saturated rings. The molecule has 0 aromatic carbocycles. The van der Waals surface area contributed by atoms with Crippen LogP contribution >= 0.6 is 0 Å². The first-order valence-corrected chi connectivity index (χ1v) is 12.1. The van der Waals surface area contributed by atoms with Crippen LogP contribution in [-0.4, -0.2) is 50.3 Å². The highest BCUT2D eigenvalue weighted by molar-refractivity contribution is 5.76. The van der Waals surface area contributed by atoms with E-state index in [1.165, 1.54) is 0 Å². The molecule has 0 radical (unpaired) electrons. The van der Waals surface area contributed by atoms with E-state index in [9.17, 15) is 9.59 Å². The van der Waals surface area contributed by atoms with Gasteiger partial charge in [-0.15, -0.1) is 0 Å². The van der Waals surface area contributed by atoms with Gasteiger partial charge in [-0.25, -0.2) is 0 Å². The summed E-state index contributed by atoms with van der Waals surface area (Å²) in [6.07, 6.45) is 7.66. The van der Waals surface area contributed by atoms with Crippen LogP contribution in [0.4, 0.5) is 0 Å². The second kappa shape index (κ2) is 18.6. The Morgan fingerprint density at radius 2 is 1.03 bits per heavy atom. The summed E-state index contributed by atoms with van der Waals surface area (Å²) in [5, 5.41) is 6.62. The lowest BCUT2D eigenvalue weighted by Gasteiger charge is -2.22. The molecule has 0 aromatic rings. The summed E-state index contributed by atoms with van der Waals surface area (Å²) < 4.78 is 10.9. The van der Waals surface area contributed by atoms with Crippen molar-refractivity contribution in [2.45, 2.75) is 105 Å². The Bertz CT molecular complexity index is 401. The Kier molecular flexibility index (Phi) is 17.9. The zero-order valence-corrected chi connectivity index (χ0v) is 20.4. The first kappa shape index (κ1) is 28.9. The number of hydrogen-bond donors (Lipinski definition) is 2. The maximum Gasteiger partial charge on any atom is 0.323 e. The number of hydrogen-bond acceptors (Lipinski definition) is 6. The highest BCUT2D eigenvalue weighted by Gasteiger charge is 2.23. The summed E-state index contributed by atoms with van der Waals surface area (Å²) >= 11 is 0. The molecule has 2 N–H and O–H groups in total. The number of esters is 2. The molecule has 0 aliphatic rings. The van der Waals surface area contributed by atoms with Crippen molar-refractivity contribution in [1.82, 2.24) is 10.6 Å². The molecule has 2 atom stereocenters. The predicted octanol–water partition coefficient (Wildman–Crippen LogP) is 4.46. The highest BCUT2D eigenvalue weighted by atomic mass is 16.5. The standard InChI is InChI=1S/C24H48N2O4/c1-7-9-11-15-29-23(27)21(17-19(3)4)25-13-14-26-22(18-20(5)6)24(28)30-16-12-10-8-2/h19-22,25-26H,7-18H2,1-6H3/t21-,22-/m0/s1. The van der Waals surface area contributed by atoms with Gasteiger partial charge in [0.1, 0.15) is 12.1 Å². The molecule has 178 valence electrons. The third kappa shape index (κ3) is 15.7. The first-order chi connectivity index (χ1) is 14.3. The van der Waals surface area contributed by atoms with Crippen molar-refractivity contribution < 1.29 is 19.1 Å². The Labute approximate surface area is 185 Å². The van der Waals surface area contributed by atoms with E-state index < -0.39 is 0 Å². The van der Waals surface area contributed by atoms with E-state index in [2.05, 4.69) is 52.2 Å². The van der Waals surface area contributed by atoms with E-state index in [1.54, 1.807) is 0 Å². The Balaban J connectivity index is 4.46. The topological polar surface area (TPSA) is 76.7 Å². The molecule has 0 heterocycles. The van der Waals surface area contributed by atoms with Gasteiger partial charge in [-0.05, 0) is 37.5 Å². The molecule has 6 heteroatoms. The molecular weight excluding hydrogens is 380 g/mol.